The van der Waals surface area contributed by atoms with Gasteiger partial charge in [-0.25, -0.2) is 0 Å². The molecule has 2 heterocycles. The van der Waals surface area contributed by atoms with Crippen molar-refractivity contribution >= 4 is 0 Å². The molecule has 1 aliphatic heterocycles. The molecule has 2 heteroatoms. The second-order valence-electron chi connectivity index (χ2n) is 3.96. The normalized spacial score (nSPS) is 22.5. The number of aryl methyl sites for hydroxylation is 2. The highest BCUT2D eigenvalue weighted by atomic mass is 16.5. The zero-order valence-corrected chi connectivity index (χ0v) is 8.42. The summed E-state index contributed by atoms with van der Waals surface area (Å²) in [6.45, 7) is 6.28. The maximum Gasteiger partial charge on any atom is 0.0754 e. The molecule has 0 N–H and O–H groups in total. The molecule has 1 atom stereocenters. The zero-order chi connectivity index (χ0) is 9.26. The van der Waals surface area contributed by atoms with Crippen LogP contribution in [0.5, 0.6) is 0 Å². The summed E-state index contributed by atoms with van der Waals surface area (Å²) in [5.41, 5.74) is 2.75. The smallest absolute Gasteiger partial charge is 0.0754 e. The van der Waals surface area contributed by atoms with E-state index >= 15 is 0 Å². The van der Waals surface area contributed by atoms with E-state index in [0.29, 0.717) is 6.10 Å². The van der Waals surface area contributed by atoms with Gasteiger partial charge in [0.25, 0.3) is 0 Å². The van der Waals surface area contributed by atoms with E-state index in [1.165, 1.54) is 24.0 Å². The minimum Gasteiger partial charge on any atom is -0.376 e. The third-order valence-corrected chi connectivity index (χ3v) is 2.78. The van der Waals surface area contributed by atoms with Crippen molar-refractivity contribution in [1.82, 2.24) is 4.57 Å². The Morgan fingerprint density at radius 1 is 1.38 bits per heavy atom. The van der Waals surface area contributed by atoms with Crippen molar-refractivity contribution in [3.63, 3.8) is 0 Å². The van der Waals surface area contributed by atoms with Gasteiger partial charge in [0.2, 0.25) is 0 Å². The Bertz CT molecular complexity index is 265. The number of hydrogen-bond donors (Lipinski definition) is 0. The molecule has 72 valence electrons. The number of nitrogens with zero attached hydrogens (tertiary/aromatic N) is 1. The standard InChI is InChI=1S/C11H17NO/c1-9-6-12(7-10(9)2)8-11-4-3-5-13-11/h6-7,11H,3-5,8H2,1-2H3. The Labute approximate surface area is 79.5 Å². The molecule has 1 aromatic rings. The van der Waals surface area contributed by atoms with Crippen LogP contribution in [0.2, 0.25) is 0 Å². The summed E-state index contributed by atoms with van der Waals surface area (Å²) >= 11 is 0. The molecule has 0 aliphatic carbocycles. The highest BCUT2D eigenvalue weighted by molar-refractivity contribution is 5.20. The van der Waals surface area contributed by atoms with Gasteiger partial charge in [-0.15, -0.1) is 0 Å². The van der Waals surface area contributed by atoms with Crippen molar-refractivity contribution in [1.29, 1.82) is 0 Å². The highest BCUT2D eigenvalue weighted by Gasteiger charge is 2.15. The van der Waals surface area contributed by atoms with Gasteiger partial charge in [-0.05, 0) is 37.8 Å². The van der Waals surface area contributed by atoms with E-state index in [9.17, 15) is 0 Å². The topological polar surface area (TPSA) is 14.2 Å². The Balaban J connectivity index is 2.00. The van der Waals surface area contributed by atoms with E-state index in [4.69, 9.17) is 4.74 Å². The van der Waals surface area contributed by atoms with Crippen LogP contribution in [0.25, 0.3) is 0 Å². The molecule has 0 bridgehead atoms. The molecule has 0 amide bonds. The van der Waals surface area contributed by atoms with Gasteiger partial charge in [-0.2, -0.15) is 0 Å². The average molecular weight is 179 g/mol. The van der Waals surface area contributed by atoms with Crippen molar-refractivity contribution in [2.24, 2.45) is 0 Å². The van der Waals surface area contributed by atoms with E-state index in [1.54, 1.807) is 0 Å². The second kappa shape index (κ2) is 3.54. The predicted octanol–water partition coefficient (Wildman–Crippen LogP) is 2.28. The average Bonchev–Trinajstić information content (AvgIpc) is 2.64. The van der Waals surface area contributed by atoms with Crippen LogP contribution in [0, 0.1) is 13.8 Å². The molecule has 1 unspecified atom stereocenters. The molecule has 2 rings (SSSR count). The Kier molecular flexibility index (Phi) is 2.40. The van der Waals surface area contributed by atoms with E-state index in [-0.39, 0.29) is 0 Å². The van der Waals surface area contributed by atoms with Crippen molar-refractivity contribution in [2.75, 3.05) is 6.61 Å². The Hall–Kier alpha value is -0.760. The maximum absolute atomic E-state index is 5.59. The van der Waals surface area contributed by atoms with E-state index in [1.807, 2.05) is 0 Å². The van der Waals surface area contributed by atoms with Crippen LogP contribution in [0.3, 0.4) is 0 Å². The molecule has 1 fully saturated rings. The summed E-state index contributed by atoms with van der Waals surface area (Å²) in [5.74, 6) is 0. The molecule has 1 saturated heterocycles. The fourth-order valence-electron chi connectivity index (χ4n) is 1.87. The number of ether oxygens (including phenoxy) is 1. The fraction of sp³-hybridized carbons (Fsp3) is 0.636. The second-order valence-corrected chi connectivity index (χ2v) is 3.96. The monoisotopic (exact) mass is 179 g/mol. The molecule has 0 radical (unpaired) electrons. The van der Waals surface area contributed by atoms with Crippen LogP contribution in [-0.4, -0.2) is 17.3 Å². The molecule has 0 saturated carbocycles. The van der Waals surface area contributed by atoms with Gasteiger partial charge in [-0.3, -0.25) is 0 Å². The van der Waals surface area contributed by atoms with E-state index < -0.39 is 0 Å². The summed E-state index contributed by atoms with van der Waals surface area (Å²) in [7, 11) is 0. The van der Waals surface area contributed by atoms with Gasteiger partial charge < -0.3 is 9.30 Å². The summed E-state index contributed by atoms with van der Waals surface area (Å²) in [6.07, 6.45) is 7.31. The quantitative estimate of drug-likeness (QED) is 0.679. The molecular weight excluding hydrogens is 162 g/mol. The van der Waals surface area contributed by atoms with Gasteiger partial charge >= 0.3 is 0 Å². The first-order valence-electron chi connectivity index (χ1n) is 5.00. The van der Waals surface area contributed by atoms with Crippen molar-refractivity contribution in [2.45, 2.75) is 39.3 Å². The SMILES string of the molecule is Cc1cn(CC2CCCO2)cc1C. The number of hydrogen-bond acceptors (Lipinski definition) is 1. The van der Waals surface area contributed by atoms with Gasteiger partial charge in [0.1, 0.15) is 0 Å². The van der Waals surface area contributed by atoms with Gasteiger partial charge in [0.05, 0.1) is 6.10 Å². The molecule has 13 heavy (non-hydrogen) atoms. The third kappa shape index (κ3) is 1.94. The minimum atomic E-state index is 0.450. The first-order valence-corrected chi connectivity index (χ1v) is 5.00. The van der Waals surface area contributed by atoms with E-state index in [2.05, 4.69) is 30.8 Å². The summed E-state index contributed by atoms with van der Waals surface area (Å²) in [6, 6.07) is 0. The van der Waals surface area contributed by atoms with Crippen molar-refractivity contribution in [3.8, 4) is 0 Å². The lowest BCUT2D eigenvalue weighted by atomic mass is 10.2. The molecule has 0 aromatic carbocycles. The molecule has 0 spiro atoms. The fourth-order valence-corrected chi connectivity index (χ4v) is 1.87. The lowest BCUT2D eigenvalue weighted by Gasteiger charge is -2.09. The highest BCUT2D eigenvalue weighted by Crippen LogP contribution is 2.15. The summed E-state index contributed by atoms with van der Waals surface area (Å²) < 4.78 is 7.84. The lowest BCUT2D eigenvalue weighted by molar-refractivity contribution is 0.0971. The third-order valence-electron chi connectivity index (χ3n) is 2.78. The zero-order valence-electron chi connectivity index (χ0n) is 8.42. The van der Waals surface area contributed by atoms with Gasteiger partial charge in [0, 0.05) is 25.5 Å². The first-order chi connectivity index (χ1) is 6.25. The van der Waals surface area contributed by atoms with E-state index in [0.717, 1.165) is 13.2 Å². The van der Waals surface area contributed by atoms with Crippen LogP contribution >= 0.6 is 0 Å². The first kappa shape index (κ1) is 8.82. The Morgan fingerprint density at radius 3 is 2.62 bits per heavy atom. The summed E-state index contributed by atoms with van der Waals surface area (Å²) in [4.78, 5) is 0. The van der Waals surface area contributed by atoms with Crippen molar-refractivity contribution < 1.29 is 4.74 Å². The van der Waals surface area contributed by atoms with Gasteiger partial charge in [-0.1, -0.05) is 0 Å². The van der Waals surface area contributed by atoms with Crippen molar-refractivity contribution in [3.05, 3.63) is 23.5 Å². The number of rotatable bonds is 2. The predicted molar refractivity (Wildman–Crippen MR) is 52.9 cm³/mol. The largest absolute Gasteiger partial charge is 0.376 e. The molecule has 1 aromatic heterocycles. The lowest BCUT2D eigenvalue weighted by Crippen LogP contribution is -2.13. The van der Waals surface area contributed by atoms with Crippen LogP contribution in [-0.2, 0) is 11.3 Å². The van der Waals surface area contributed by atoms with Crippen LogP contribution in [0.4, 0.5) is 0 Å². The molecular formula is C11H17NO. The maximum atomic E-state index is 5.59. The summed E-state index contributed by atoms with van der Waals surface area (Å²) in [5, 5.41) is 0. The van der Waals surface area contributed by atoms with Crippen LogP contribution in [0.1, 0.15) is 24.0 Å². The molecule has 1 aliphatic rings. The van der Waals surface area contributed by atoms with Gasteiger partial charge in [0.15, 0.2) is 0 Å². The molecule has 2 nitrogen and oxygen atoms in total. The van der Waals surface area contributed by atoms with Crippen LogP contribution < -0.4 is 0 Å². The number of aromatic nitrogens is 1. The Morgan fingerprint density at radius 2 is 2.08 bits per heavy atom. The minimum absolute atomic E-state index is 0.450. The van der Waals surface area contributed by atoms with Crippen LogP contribution in [0.15, 0.2) is 12.4 Å².